The first-order chi connectivity index (χ1) is 20.3. The van der Waals surface area contributed by atoms with Gasteiger partial charge in [0.15, 0.2) is 0 Å². The number of rotatable bonds is 6. The number of hydrogen-bond acceptors (Lipinski definition) is 0. The summed E-state index contributed by atoms with van der Waals surface area (Å²) >= 11 is -2.70. The van der Waals surface area contributed by atoms with Gasteiger partial charge in [0.2, 0.25) is 0 Å². The summed E-state index contributed by atoms with van der Waals surface area (Å²) in [7, 11) is 9.40. The van der Waals surface area contributed by atoms with Crippen molar-refractivity contribution in [3.05, 3.63) is 182 Å². The van der Waals surface area contributed by atoms with E-state index < -0.39 is 29.3 Å². The molecule has 210 valence electrons. The maximum atomic E-state index is 4.70. The quantitative estimate of drug-likeness (QED) is 0.205. The van der Waals surface area contributed by atoms with Crippen molar-refractivity contribution in [3.8, 4) is 0 Å². The van der Waals surface area contributed by atoms with Crippen molar-refractivity contribution < 1.29 is 12.7 Å². The first-order valence-electron chi connectivity index (χ1n) is 13.2. The second-order valence-corrected chi connectivity index (χ2v) is 21.0. The van der Waals surface area contributed by atoms with Gasteiger partial charge < -0.3 is 0 Å². The first kappa shape index (κ1) is 31.4. The van der Waals surface area contributed by atoms with Gasteiger partial charge in [-0.05, 0) is 0 Å². The molecule has 6 aromatic rings. The van der Waals surface area contributed by atoms with Crippen molar-refractivity contribution in [2.24, 2.45) is 0 Å². The molecule has 0 aliphatic rings. The zero-order valence-corrected chi connectivity index (χ0v) is 29.1. The van der Waals surface area contributed by atoms with Gasteiger partial charge in [-0.25, -0.2) is 0 Å². The Hall–Kier alpha value is -2.49. The Kier molecular flexibility index (Phi) is 13.9. The van der Waals surface area contributed by atoms with Crippen LogP contribution in [0.1, 0.15) is 0 Å². The maximum absolute atomic E-state index is 4.70. The van der Waals surface area contributed by atoms with Gasteiger partial charge in [0.1, 0.15) is 0 Å². The molecule has 5 heteroatoms. The van der Waals surface area contributed by atoms with Gasteiger partial charge >= 0.3 is 270 Å². The summed E-state index contributed by atoms with van der Waals surface area (Å²) in [5, 5.41) is 0. The SMILES string of the molecule is [Cl][Ni][Cl].c1ccc([AsH](c2ccccc2)c2ccccc2)cc1.c1ccc([AsH](c2ccccc2)c2ccccc2)cc1. The van der Waals surface area contributed by atoms with Crippen LogP contribution in [0.15, 0.2) is 182 Å². The van der Waals surface area contributed by atoms with Crippen LogP contribution in [-0.2, 0) is 12.7 Å². The molecular weight excluding hydrogens is 712 g/mol. The molecule has 0 N–H and O–H groups in total. The van der Waals surface area contributed by atoms with Crippen LogP contribution in [0.5, 0.6) is 0 Å². The summed E-state index contributed by atoms with van der Waals surface area (Å²) in [5.74, 6) is 0. The second-order valence-electron chi connectivity index (χ2n) is 8.99. The molecule has 0 saturated heterocycles. The zero-order valence-electron chi connectivity index (χ0n) is 22.4. The van der Waals surface area contributed by atoms with Gasteiger partial charge in [-0.15, -0.1) is 0 Å². The van der Waals surface area contributed by atoms with Gasteiger partial charge in [-0.1, -0.05) is 0 Å². The molecule has 6 aromatic carbocycles. The van der Waals surface area contributed by atoms with Gasteiger partial charge in [0.25, 0.3) is 0 Å². The molecule has 0 saturated carbocycles. The van der Waals surface area contributed by atoms with E-state index in [-0.39, 0.29) is 0 Å². The van der Waals surface area contributed by atoms with E-state index in [1.165, 1.54) is 26.1 Å². The molecule has 0 amide bonds. The summed E-state index contributed by atoms with van der Waals surface area (Å²) < 4.78 is 9.00. The number of halogens is 2. The van der Waals surface area contributed by atoms with Gasteiger partial charge in [-0.3, -0.25) is 0 Å². The van der Waals surface area contributed by atoms with Gasteiger partial charge in [-0.2, -0.15) is 0 Å². The molecule has 0 fully saturated rings. The molecule has 0 aliphatic heterocycles. The molecule has 0 aromatic heterocycles. The molecule has 41 heavy (non-hydrogen) atoms. The van der Waals surface area contributed by atoms with Gasteiger partial charge in [0.05, 0.1) is 0 Å². The van der Waals surface area contributed by atoms with Crippen LogP contribution < -0.4 is 26.1 Å². The molecule has 0 nitrogen and oxygen atoms in total. The van der Waals surface area contributed by atoms with E-state index >= 15 is 0 Å². The fraction of sp³-hybridized carbons (Fsp3) is 0. The summed E-state index contributed by atoms with van der Waals surface area (Å²) in [6, 6.07) is 65.6. The van der Waals surface area contributed by atoms with Crippen molar-refractivity contribution in [3.63, 3.8) is 0 Å². The number of hydrogen-bond donors (Lipinski definition) is 0. The van der Waals surface area contributed by atoms with Crippen molar-refractivity contribution in [2.75, 3.05) is 0 Å². The van der Waals surface area contributed by atoms with Gasteiger partial charge in [0, 0.05) is 0 Å². The third kappa shape index (κ3) is 9.79. The van der Waals surface area contributed by atoms with Crippen LogP contribution in [0.25, 0.3) is 0 Å². The Morgan fingerprint density at radius 3 is 0.512 bits per heavy atom. The van der Waals surface area contributed by atoms with Crippen molar-refractivity contribution >= 4 is 75.8 Å². The summed E-state index contributed by atoms with van der Waals surface area (Å²) in [6.07, 6.45) is 0. The van der Waals surface area contributed by atoms with Crippen LogP contribution in [0, 0.1) is 0 Å². The Labute approximate surface area is 268 Å². The fourth-order valence-corrected chi connectivity index (χ4v) is 15.4. The molecule has 0 bridgehead atoms. The predicted octanol–water partition coefficient (Wildman–Crippen LogP) is 5.25. The van der Waals surface area contributed by atoms with Crippen LogP contribution in [-0.4, -0.2) is 29.3 Å². The van der Waals surface area contributed by atoms with Crippen molar-refractivity contribution in [1.82, 2.24) is 0 Å². The average molecular weight is 744 g/mol. The van der Waals surface area contributed by atoms with Crippen molar-refractivity contribution in [1.29, 1.82) is 0 Å². The molecule has 0 spiro atoms. The van der Waals surface area contributed by atoms with E-state index in [2.05, 4.69) is 182 Å². The minimum atomic E-state index is -1.63. The summed E-state index contributed by atoms with van der Waals surface area (Å²) in [5.41, 5.74) is 0. The van der Waals surface area contributed by atoms with Crippen LogP contribution in [0.3, 0.4) is 0 Å². The second kappa shape index (κ2) is 18.1. The van der Waals surface area contributed by atoms with Crippen LogP contribution >= 0.6 is 20.4 Å². The van der Waals surface area contributed by atoms with Crippen LogP contribution in [0.4, 0.5) is 0 Å². The molecule has 0 aliphatic carbocycles. The average Bonchev–Trinajstić information content (AvgIpc) is 3.05. The molecule has 0 heterocycles. The van der Waals surface area contributed by atoms with Crippen molar-refractivity contribution in [2.45, 2.75) is 0 Å². The molecular formula is C36H32As2Cl2Ni. The molecule has 2 radical (unpaired) electrons. The van der Waals surface area contributed by atoms with E-state index in [0.29, 0.717) is 12.7 Å². The topological polar surface area (TPSA) is 0 Å². The molecule has 0 atom stereocenters. The fourth-order valence-electron chi connectivity index (χ4n) is 4.63. The monoisotopic (exact) mass is 742 g/mol. The van der Waals surface area contributed by atoms with E-state index in [1.54, 1.807) is 0 Å². The standard InChI is InChI=1S/2C18H16As.2ClH.Ni/c2*1-4-10-16(11-5-1)19(17-12-6-2-7-13-17)18-14-8-3-9-15-18;;;/h2*1-15,19H;2*1H;/q;;;;+2/p-2. The Morgan fingerprint density at radius 2 is 0.390 bits per heavy atom. The summed E-state index contributed by atoms with van der Waals surface area (Å²) in [4.78, 5) is 0. The normalized spacial score (nSPS) is 10.3. The first-order valence-corrected chi connectivity index (χ1v) is 22.2. The van der Waals surface area contributed by atoms with E-state index in [1.807, 2.05) is 0 Å². The van der Waals surface area contributed by atoms with E-state index in [4.69, 9.17) is 20.4 Å². The minimum absolute atomic E-state index is 0.569. The zero-order chi connectivity index (χ0) is 28.5. The van der Waals surface area contributed by atoms with Crippen LogP contribution in [0.2, 0.25) is 0 Å². The third-order valence-corrected chi connectivity index (χ3v) is 17.8. The molecule has 6 rings (SSSR count). The third-order valence-electron chi connectivity index (χ3n) is 6.37. The Balaban J connectivity index is 0.000000173. The number of benzene rings is 6. The Bertz CT molecular complexity index is 1200. The van der Waals surface area contributed by atoms with E-state index in [9.17, 15) is 0 Å². The predicted molar refractivity (Wildman–Crippen MR) is 182 cm³/mol. The summed E-state index contributed by atoms with van der Waals surface area (Å²) in [6.45, 7) is 0. The molecule has 0 unspecified atom stereocenters. The van der Waals surface area contributed by atoms with E-state index in [0.717, 1.165) is 0 Å². The Morgan fingerprint density at radius 1 is 0.268 bits per heavy atom.